The molecule has 0 saturated heterocycles. The molecule has 0 saturated carbocycles. The van der Waals surface area contributed by atoms with E-state index in [-0.39, 0.29) is 11.5 Å². The van der Waals surface area contributed by atoms with Crippen LogP contribution in [0.3, 0.4) is 0 Å². The lowest BCUT2D eigenvalue weighted by Gasteiger charge is -2.27. The number of carbonyl (C=O) groups is 1. The molecule has 3 aromatic carbocycles. The van der Waals surface area contributed by atoms with E-state index in [1.165, 1.54) is 15.7 Å². The van der Waals surface area contributed by atoms with Gasteiger partial charge in [0.2, 0.25) is 0 Å². The molecule has 1 aromatic heterocycles. The van der Waals surface area contributed by atoms with Crippen LogP contribution in [0.1, 0.15) is 22.3 Å². The van der Waals surface area contributed by atoms with Gasteiger partial charge in [0, 0.05) is 36.1 Å². The van der Waals surface area contributed by atoms with Crippen LogP contribution < -0.4 is 10.3 Å². The average Bonchev–Trinajstić information content (AvgIpc) is 2.89. The van der Waals surface area contributed by atoms with Crippen molar-refractivity contribution in [2.75, 3.05) is 20.2 Å². The van der Waals surface area contributed by atoms with Gasteiger partial charge in [-0.15, -0.1) is 0 Å². The smallest absolute Gasteiger partial charge is 0.262 e. The van der Waals surface area contributed by atoms with Gasteiger partial charge in [-0.1, -0.05) is 60.7 Å². The molecule has 0 atom stereocenters. The van der Waals surface area contributed by atoms with Crippen molar-refractivity contribution in [3.8, 4) is 11.4 Å². The molecule has 0 aliphatic carbocycles. The summed E-state index contributed by atoms with van der Waals surface area (Å²) in [5.74, 6) is 0.571. The molecule has 5 heteroatoms. The minimum absolute atomic E-state index is 0.0776. The van der Waals surface area contributed by atoms with Gasteiger partial charge in [-0.3, -0.25) is 14.2 Å². The summed E-state index contributed by atoms with van der Waals surface area (Å²) in [4.78, 5) is 28.7. The monoisotopic (exact) mass is 436 g/mol. The Balaban J connectivity index is 1.55. The molecule has 1 aliphatic rings. The Bertz CT molecular complexity index is 1420. The maximum absolute atomic E-state index is 13.6. The molecule has 1 amide bonds. The van der Waals surface area contributed by atoms with Crippen LogP contribution in [-0.4, -0.2) is 35.6 Å². The van der Waals surface area contributed by atoms with Crippen LogP contribution in [0.2, 0.25) is 0 Å². The predicted octanol–water partition coefficient (Wildman–Crippen LogP) is 4.93. The Morgan fingerprint density at radius 3 is 2.39 bits per heavy atom. The van der Waals surface area contributed by atoms with Crippen molar-refractivity contribution in [3.63, 3.8) is 0 Å². The highest BCUT2D eigenvalue weighted by Crippen LogP contribution is 2.25. The standard InChI is InChI=1S/C28H24N2O3/c1-33-23-11-7-10-22(18-23)30-19-26(24-12-5-6-13-25(24)28(30)32)27(31)29-16-14-21(15-17-29)20-8-3-2-4-9-20/h2-14,18-19H,15-17H2,1H3. The van der Waals surface area contributed by atoms with Crippen molar-refractivity contribution < 1.29 is 9.53 Å². The summed E-state index contributed by atoms with van der Waals surface area (Å²) in [5.41, 5.74) is 3.46. The van der Waals surface area contributed by atoms with Crippen LogP contribution in [0, 0.1) is 0 Å². The second kappa shape index (κ2) is 8.79. The fraction of sp³-hybridized carbons (Fsp3) is 0.143. The van der Waals surface area contributed by atoms with Gasteiger partial charge >= 0.3 is 0 Å². The number of aromatic nitrogens is 1. The number of amides is 1. The van der Waals surface area contributed by atoms with E-state index in [4.69, 9.17) is 4.74 Å². The molecule has 5 nitrogen and oxygen atoms in total. The largest absolute Gasteiger partial charge is 0.497 e. The summed E-state index contributed by atoms with van der Waals surface area (Å²) in [5, 5.41) is 1.19. The fourth-order valence-electron chi connectivity index (χ4n) is 4.35. The lowest BCUT2D eigenvalue weighted by Crippen LogP contribution is -2.35. The third kappa shape index (κ3) is 3.94. The number of nitrogens with zero attached hydrogens (tertiary/aromatic N) is 2. The third-order valence-electron chi connectivity index (χ3n) is 6.13. The lowest BCUT2D eigenvalue weighted by atomic mass is 9.98. The van der Waals surface area contributed by atoms with Gasteiger partial charge in [0.1, 0.15) is 5.75 Å². The molecule has 5 rings (SSSR count). The van der Waals surface area contributed by atoms with E-state index in [9.17, 15) is 9.59 Å². The lowest BCUT2D eigenvalue weighted by molar-refractivity contribution is 0.0774. The number of pyridine rings is 1. The molecular weight excluding hydrogens is 412 g/mol. The second-order valence-corrected chi connectivity index (χ2v) is 8.06. The fourth-order valence-corrected chi connectivity index (χ4v) is 4.35. The molecule has 2 heterocycles. The second-order valence-electron chi connectivity index (χ2n) is 8.06. The normalized spacial score (nSPS) is 13.6. The maximum atomic E-state index is 13.6. The maximum Gasteiger partial charge on any atom is 0.262 e. The van der Waals surface area contributed by atoms with Crippen LogP contribution in [0.5, 0.6) is 5.75 Å². The van der Waals surface area contributed by atoms with Gasteiger partial charge < -0.3 is 9.64 Å². The van der Waals surface area contributed by atoms with E-state index in [0.29, 0.717) is 40.9 Å². The van der Waals surface area contributed by atoms with Crippen LogP contribution in [0.4, 0.5) is 0 Å². The van der Waals surface area contributed by atoms with Crippen molar-refractivity contribution in [2.45, 2.75) is 6.42 Å². The summed E-state index contributed by atoms with van der Waals surface area (Å²) in [6.07, 6.45) is 4.58. The third-order valence-corrected chi connectivity index (χ3v) is 6.13. The van der Waals surface area contributed by atoms with Gasteiger partial charge in [-0.25, -0.2) is 0 Å². The summed E-state index contributed by atoms with van der Waals surface area (Å²) in [7, 11) is 1.59. The first-order valence-corrected chi connectivity index (χ1v) is 11.0. The Morgan fingerprint density at radius 2 is 1.67 bits per heavy atom. The number of carbonyl (C=O) groups excluding carboxylic acids is 1. The zero-order valence-corrected chi connectivity index (χ0v) is 18.4. The quantitative estimate of drug-likeness (QED) is 0.456. The predicted molar refractivity (Wildman–Crippen MR) is 131 cm³/mol. The zero-order valence-electron chi connectivity index (χ0n) is 18.4. The van der Waals surface area contributed by atoms with Gasteiger partial charge in [-0.05, 0) is 35.8 Å². The Morgan fingerprint density at radius 1 is 0.909 bits per heavy atom. The topological polar surface area (TPSA) is 51.5 Å². The van der Waals surface area contributed by atoms with Gasteiger partial charge in [-0.2, -0.15) is 0 Å². The van der Waals surface area contributed by atoms with Gasteiger partial charge in [0.15, 0.2) is 0 Å². The van der Waals surface area contributed by atoms with Crippen molar-refractivity contribution >= 4 is 22.3 Å². The Kier molecular flexibility index (Phi) is 5.53. The number of fused-ring (bicyclic) bond motifs is 1. The summed E-state index contributed by atoms with van der Waals surface area (Å²) in [6.45, 7) is 1.17. The molecule has 164 valence electrons. The first-order valence-electron chi connectivity index (χ1n) is 11.0. The van der Waals surface area contributed by atoms with E-state index in [1.807, 2.05) is 59.5 Å². The number of benzene rings is 3. The van der Waals surface area contributed by atoms with Crippen LogP contribution >= 0.6 is 0 Å². The minimum atomic E-state index is -0.166. The highest BCUT2D eigenvalue weighted by Gasteiger charge is 2.23. The van der Waals surface area contributed by atoms with Crippen LogP contribution in [0.25, 0.3) is 22.0 Å². The first-order chi connectivity index (χ1) is 16.2. The summed E-state index contributed by atoms with van der Waals surface area (Å²) < 4.78 is 6.86. The Hall–Kier alpha value is -4.12. The number of hydrogen-bond donors (Lipinski definition) is 0. The van der Waals surface area contributed by atoms with Crippen molar-refractivity contribution in [3.05, 3.63) is 113 Å². The SMILES string of the molecule is COc1cccc(-n2cc(C(=O)N3CC=C(c4ccccc4)CC3)c3ccccc3c2=O)c1. The van der Waals surface area contributed by atoms with Crippen LogP contribution in [0.15, 0.2) is 95.9 Å². The van der Waals surface area contributed by atoms with E-state index in [1.54, 1.807) is 25.4 Å². The molecule has 33 heavy (non-hydrogen) atoms. The van der Waals surface area contributed by atoms with Gasteiger partial charge in [0.25, 0.3) is 11.5 Å². The molecule has 1 aliphatic heterocycles. The van der Waals surface area contributed by atoms with Crippen LogP contribution in [-0.2, 0) is 0 Å². The number of rotatable bonds is 4. The molecule has 0 spiro atoms. The van der Waals surface area contributed by atoms with E-state index < -0.39 is 0 Å². The highest BCUT2D eigenvalue weighted by molar-refractivity contribution is 6.06. The van der Waals surface area contributed by atoms with Crippen molar-refractivity contribution in [1.82, 2.24) is 9.47 Å². The number of hydrogen-bond acceptors (Lipinski definition) is 3. The summed E-state index contributed by atoms with van der Waals surface area (Å²) >= 11 is 0. The zero-order chi connectivity index (χ0) is 22.8. The van der Waals surface area contributed by atoms with E-state index in [0.717, 1.165) is 6.42 Å². The van der Waals surface area contributed by atoms with Gasteiger partial charge in [0.05, 0.1) is 18.4 Å². The Labute approximate surface area is 192 Å². The molecule has 0 bridgehead atoms. The van der Waals surface area contributed by atoms with Crippen molar-refractivity contribution in [1.29, 1.82) is 0 Å². The molecule has 0 unspecified atom stereocenters. The highest BCUT2D eigenvalue weighted by atomic mass is 16.5. The average molecular weight is 437 g/mol. The first kappa shape index (κ1) is 20.8. The number of methoxy groups -OCH3 is 1. The van der Waals surface area contributed by atoms with E-state index >= 15 is 0 Å². The van der Waals surface area contributed by atoms with Crippen molar-refractivity contribution in [2.24, 2.45) is 0 Å². The molecule has 4 aromatic rings. The molecule has 0 N–H and O–H groups in total. The van der Waals surface area contributed by atoms with E-state index in [2.05, 4.69) is 18.2 Å². The number of ether oxygens (including phenoxy) is 1. The molecular formula is C28H24N2O3. The molecule has 0 fully saturated rings. The minimum Gasteiger partial charge on any atom is -0.497 e. The summed E-state index contributed by atoms with van der Waals surface area (Å²) in [6, 6.07) is 24.8. The molecule has 0 radical (unpaired) electrons.